The number of rotatable bonds is 2. The van der Waals surface area contributed by atoms with Crippen LogP contribution in [0.3, 0.4) is 0 Å². The summed E-state index contributed by atoms with van der Waals surface area (Å²) in [4.78, 5) is 0. The zero-order valence-electron chi connectivity index (χ0n) is 7.31. The molecule has 0 atom stereocenters. The first-order valence-corrected chi connectivity index (χ1v) is 4.57. The fraction of sp³-hybridized carbons (Fsp3) is 0.250. The second-order valence-electron chi connectivity index (χ2n) is 2.70. The lowest BCUT2D eigenvalue weighted by atomic mass is 10.2. The first-order valence-electron chi connectivity index (χ1n) is 3.78. The van der Waals surface area contributed by atoms with Crippen LogP contribution >= 0.6 is 15.9 Å². The Morgan fingerprint density at radius 2 is 2.00 bits per heavy atom. The molecule has 0 saturated heterocycles. The maximum Gasteiger partial charge on any atom is 0.573 e. The van der Waals surface area contributed by atoms with Crippen molar-refractivity contribution in [2.24, 2.45) is 0 Å². The molecular weight excluding hydrogens is 279 g/mol. The molecule has 7 heteroatoms. The van der Waals surface area contributed by atoms with Crippen molar-refractivity contribution in [2.75, 3.05) is 5.73 Å². The summed E-state index contributed by atoms with van der Waals surface area (Å²) in [6, 6.07) is 2.38. The predicted octanol–water partition coefficient (Wildman–Crippen LogP) is 2.42. The number of aliphatic hydroxyl groups excluding tert-OH is 1. The van der Waals surface area contributed by atoms with Gasteiger partial charge in [0.05, 0.1) is 11.1 Å². The van der Waals surface area contributed by atoms with Crippen LogP contribution in [0.15, 0.2) is 16.6 Å². The van der Waals surface area contributed by atoms with Crippen LogP contribution in [0.2, 0.25) is 0 Å². The fourth-order valence-corrected chi connectivity index (χ4v) is 1.43. The third-order valence-corrected chi connectivity index (χ3v) is 2.43. The Kier molecular flexibility index (Phi) is 3.46. The van der Waals surface area contributed by atoms with Crippen molar-refractivity contribution < 1.29 is 23.0 Å². The van der Waals surface area contributed by atoms with E-state index in [1.807, 2.05) is 0 Å². The van der Waals surface area contributed by atoms with Crippen LogP contribution in [0.4, 0.5) is 18.9 Å². The van der Waals surface area contributed by atoms with Crippen molar-refractivity contribution in [2.45, 2.75) is 13.0 Å². The number of hydrogen-bond acceptors (Lipinski definition) is 3. The highest BCUT2D eigenvalue weighted by molar-refractivity contribution is 9.10. The number of nitrogen functional groups attached to an aromatic ring is 1. The van der Waals surface area contributed by atoms with Gasteiger partial charge in [0, 0.05) is 11.8 Å². The largest absolute Gasteiger partial charge is 0.573 e. The Hall–Kier alpha value is -0.950. The first kappa shape index (κ1) is 12.1. The molecule has 0 aliphatic heterocycles. The van der Waals surface area contributed by atoms with Crippen molar-refractivity contribution in [1.82, 2.24) is 0 Å². The highest BCUT2D eigenvalue weighted by Gasteiger charge is 2.32. The van der Waals surface area contributed by atoms with Gasteiger partial charge in [-0.15, -0.1) is 13.2 Å². The van der Waals surface area contributed by atoms with E-state index in [1.165, 1.54) is 6.07 Å². The molecule has 1 aromatic carbocycles. The van der Waals surface area contributed by atoms with Gasteiger partial charge in [-0.05, 0) is 27.6 Å². The van der Waals surface area contributed by atoms with E-state index in [0.717, 1.165) is 6.07 Å². The minimum atomic E-state index is -4.79. The highest BCUT2D eigenvalue weighted by atomic mass is 79.9. The number of aliphatic hydroxyl groups is 1. The molecule has 0 fully saturated rings. The van der Waals surface area contributed by atoms with Crippen LogP contribution in [0, 0.1) is 0 Å². The summed E-state index contributed by atoms with van der Waals surface area (Å²) in [6.07, 6.45) is -4.79. The Morgan fingerprint density at radius 3 is 2.47 bits per heavy atom. The Labute approximate surface area is 91.8 Å². The van der Waals surface area contributed by atoms with Gasteiger partial charge in [0.1, 0.15) is 5.75 Å². The molecule has 0 aliphatic rings. The van der Waals surface area contributed by atoms with Crippen molar-refractivity contribution in [3.05, 3.63) is 22.2 Å². The van der Waals surface area contributed by atoms with E-state index in [4.69, 9.17) is 10.8 Å². The number of anilines is 1. The Morgan fingerprint density at radius 1 is 1.40 bits per heavy atom. The zero-order chi connectivity index (χ0) is 11.6. The van der Waals surface area contributed by atoms with Crippen LogP contribution in [0.5, 0.6) is 5.75 Å². The molecule has 1 rings (SSSR count). The van der Waals surface area contributed by atoms with E-state index >= 15 is 0 Å². The molecule has 0 aliphatic carbocycles. The fourth-order valence-electron chi connectivity index (χ4n) is 0.993. The third kappa shape index (κ3) is 3.28. The van der Waals surface area contributed by atoms with Gasteiger partial charge in [-0.2, -0.15) is 0 Å². The number of ether oxygens (including phenoxy) is 1. The van der Waals surface area contributed by atoms with E-state index in [2.05, 4.69) is 20.7 Å². The minimum Gasteiger partial charge on any atom is -0.404 e. The monoisotopic (exact) mass is 285 g/mol. The standard InChI is InChI=1S/C8H7BrF3NO2/c9-7-4(3-14)1-5(13)2-6(7)15-8(10,11)12/h1-2,14H,3,13H2. The second-order valence-corrected chi connectivity index (χ2v) is 3.49. The average Bonchev–Trinajstić information content (AvgIpc) is 2.08. The van der Waals surface area contributed by atoms with Gasteiger partial charge in [-0.25, -0.2) is 0 Å². The van der Waals surface area contributed by atoms with Gasteiger partial charge in [-0.1, -0.05) is 0 Å². The molecule has 15 heavy (non-hydrogen) atoms. The number of alkyl halides is 3. The highest BCUT2D eigenvalue weighted by Crippen LogP contribution is 2.35. The zero-order valence-corrected chi connectivity index (χ0v) is 8.89. The average molecular weight is 286 g/mol. The first-order chi connectivity index (χ1) is 6.83. The molecule has 3 N–H and O–H groups in total. The van der Waals surface area contributed by atoms with Crippen LogP contribution in [-0.2, 0) is 6.61 Å². The normalized spacial score (nSPS) is 11.5. The van der Waals surface area contributed by atoms with Gasteiger partial charge >= 0.3 is 6.36 Å². The lowest BCUT2D eigenvalue weighted by Gasteiger charge is -2.13. The summed E-state index contributed by atoms with van der Waals surface area (Å²) in [5, 5.41) is 8.84. The molecule has 1 aromatic rings. The molecular formula is C8H7BrF3NO2. The molecule has 84 valence electrons. The lowest BCUT2D eigenvalue weighted by molar-refractivity contribution is -0.274. The van der Waals surface area contributed by atoms with Gasteiger partial charge < -0.3 is 15.6 Å². The van der Waals surface area contributed by atoms with Crippen LogP contribution in [0.1, 0.15) is 5.56 Å². The molecule has 0 aromatic heterocycles. The Balaban J connectivity index is 3.12. The summed E-state index contributed by atoms with van der Waals surface area (Å²) in [5.41, 5.74) is 5.66. The third-order valence-electron chi connectivity index (χ3n) is 1.53. The molecule has 0 amide bonds. The summed E-state index contributed by atoms with van der Waals surface area (Å²) in [5.74, 6) is -0.466. The van der Waals surface area contributed by atoms with Gasteiger partial charge in [-0.3, -0.25) is 0 Å². The summed E-state index contributed by atoms with van der Waals surface area (Å²) < 4.78 is 39.6. The Bertz CT molecular complexity index is 368. The van der Waals surface area contributed by atoms with Gasteiger partial charge in [0.25, 0.3) is 0 Å². The molecule has 0 unspecified atom stereocenters. The van der Waals surface area contributed by atoms with Crippen molar-refractivity contribution in [3.8, 4) is 5.75 Å². The minimum absolute atomic E-state index is 0.0384. The maximum atomic E-state index is 11.9. The molecule has 3 nitrogen and oxygen atoms in total. The maximum absolute atomic E-state index is 11.9. The summed E-state index contributed by atoms with van der Waals surface area (Å²) >= 11 is 2.89. The van der Waals surface area contributed by atoms with E-state index in [-0.39, 0.29) is 15.7 Å². The summed E-state index contributed by atoms with van der Waals surface area (Å²) in [6.45, 7) is -0.431. The molecule has 0 bridgehead atoms. The second kappa shape index (κ2) is 4.28. The van der Waals surface area contributed by atoms with Gasteiger partial charge in [0.2, 0.25) is 0 Å². The van der Waals surface area contributed by atoms with Gasteiger partial charge in [0.15, 0.2) is 0 Å². The predicted molar refractivity (Wildman–Crippen MR) is 51.2 cm³/mol. The van der Waals surface area contributed by atoms with Crippen molar-refractivity contribution in [1.29, 1.82) is 0 Å². The smallest absolute Gasteiger partial charge is 0.404 e. The number of nitrogens with two attached hydrogens (primary N) is 1. The molecule has 0 radical (unpaired) electrons. The number of benzene rings is 1. The SMILES string of the molecule is Nc1cc(CO)c(Br)c(OC(F)(F)F)c1. The van der Waals surface area contributed by atoms with E-state index in [1.54, 1.807) is 0 Å². The molecule has 0 saturated carbocycles. The lowest BCUT2D eigenvalue weighted by Crippen LogP contribution is -2.17. The number of halogens is 4. The van der Waals surface area contributed by atoms with Crippen LogP contribution in [-0.4, -0.2) is 11.5 Å². The topological polar surface area (TPSA) is 55.5 Å². The quantitative estimate of drug-likeness (QED) is 0.821. The van der Waals surface area contributed by atoms with Crippen LogP contribution < -0.4 is 10.5 Å². The van der Waals surface area contributed by atoms with E-state index in [0.29, 0.717) is 0 Å². The summed E-state index contributed by atoms with van der Waals surface area (Å²) in [7, 11) is 0. The molecule has 0 heterocycles. The van der Waals surface area contributed by atoms with Crippen molar-refractivity contribution in [3.63, 3.8) is 0 Å². The van der Waals surface area contributed by atoms with E-state index < -0.39 is 18.7 Å². The number of hydrogen-bond donors (Lipinski definition) is 2. The van der Waals surface area contributed by atoms with Crippen LogP contribution in [0.25, 0.3) is 0 Å². The van der Waals surface area contributed by atoms with E-state index in [9.17, 15) is 13.2 Å². The van der Waals surface area contributed by atoms with Crippen molar-refractivity contribution >= 4 is 21.6 Å². The molecule has 0 spiro atoms.